The molecular formula is C5H11N2O. The molecule has 1 rings (SSSR count). The number of ether oxygens (including phenoxy) is 1. The summed E-state index contributed by atoms with van der Waals surface area (Å²) in [6, 6.07) is 0. The van der Waals surface area contributed by atoms with E-state index >= 15 is 0 Å². The molecule has 1 aliphatic heterocycles. The molecule has 1 saturated heterocycles. The molecule has 1 atom stereocenters. The van der Waals surface area contributed by atoms with Crippen LogP contribution in [0, 0.1) is 6.54 Å². The Bertz CT molecular complexity index is 61.4. The van der Waals surface area contributed by atoms with E-state index in [0.717, 1.165) is 19.7 Å². The van der Waals surface area contributed by atoms with Crippen LogP contribution in [0.15, 0.2) is 0 Å². The summed E-state index contributed by atoms with van der Waals surface area (Å²) in [5, 5.41) is 3.15. The number of morpholine rings is 1. The molecule has 0 amide bonds. The van der Waals surface area contributed by atoms with Gasteiger partial charge >= 0.3 is 0 Å². The van der Waals surface area contributed by atoms with Gasteiger partial charge in [0.2, 0.25) is 0 Å². The van der Waals surface area contributed by atoms with E-state index in [0.29, 0.717) is 0 Å². The second-order valence-electron chi connectivity index (χ2n) is 1.81. The van der Waals surface area contributed by atoms with Gasteiger partial charge in [0.05, 0.1) is 12.7 Å². The summed E-state index contributed by atoms with van der Waals surface area (Å²) >= 11 is 0. The minimum Gasteiger partial charge on any atom is -0.374 e. The molecule has 3 N–H and O–H groups in total. The summed E-state index contributed by atoms with van der Waals surface area (Å²) in [7, 11) is 0. The van der Waals surface area contributed by atoms with Crippen LogP contribution in [-0.4, -0.2) is 25.8 Å². The lowest BCUT2D eigenvalue weighted by molar-refractivity contribution is 0.0485. The average molecular weight is 115 g/mol. The Morgan fingerprint density at radius 2 is 2.62 bits per heavy atom. The lowest BCUT2D eigenvalue weighted by atomic mass is 10.3. The largest absolute Gasteiger partial charge is 0.374 e. The Morgan fingerprint density at radius 3 is 3.00 bits per heavy atom. The summed E-state index contributed by atoms with van der Waals surface area (Å²) in [5.74, 6) is 0. The average Bonchev–Trinajstić information content (AvgIpc) is 1.90. The summed E-state index contributed by atoms with van der Waals surface area (Å²) in [6.45, 7) is 4.16. The van der Waals surface area contributed by atoms with E-state index in [1.54, 1.807) is 6.54 Å². The van der Waals surface area contributed by atoms with Gasteiger partial charge in [-0.3, -0.25) is 0 Å². The maximum absolute atomic E-state index is 5.21. The van der Waals surface area contributed by atoms with Crippen molar-refractivity contribution in [1.29, 1.82) is 0 Å². The van der Waals surface area contributed by atoms with E-state index in [2.05, 4.69) is 5.32 Å². The Hall–Kier alpha value is -0.120. The molecule has 3 nitrogen and oxygen atoms in total. The lowest BCUT2D eigenvalue weighted by Crippen LogP contribution is -2.40. The van der Waals surface area contributed by atoms with Crippen LogP contribution < -0.4 is 11.1 Å². The Morgan fingerprint density at radius 1 is 1.75 bits per heavy atom. The Kier molecular flexibility index (Phi) is 2.27. The first-order chi connectivity index (χ1) is 3.93. The summed E-state index contributed by atoms with van der Waals surface area (Å²) in [5.41, 5.74) is 5.21. The van der Waals surface area contributed by atoms with Crippen molar-refractivity contribution in [3.8, 4) is 0 Å². The van der Waals surface area contributed by atoms with E-state index in [1.165, 1.54) is 0 Å². The van der Waals surface area contributed by atoms with Crippen molar-refractivity contribution in [2.75, 3.05) is 19.7 Å². The maximum atomic E-state index is 5.21. The van der Waals surface area contributed by atoms with Gasteiger partial charge in [-0.25, -0.2) is 0 Å². The van der Waals surface area contributed by atoms with Crippen LogP contribution in [0.25, 0.3) is 0 Å². The summed E-state index contributed by atoms with van der Waals surface area (Å²) in [4.78, 5) is 0. The van der Waals surface area contributed by atoms with E-state index in [9.17, 15) is 0 Å². The minimum atomic E-state index is 0.128. The van der Waals surface area contributed by atoms with Gasteiger partial charge in [-0.2, -0.15) is 0 Å². The van der Waals surface area contributed by atoms with Gasteiger partial charge in [0.25, 0.3) is 0 Å². The molecule has 1 unspecified atom stereocenters. The monoisotopic (exact) mass is 115 g/mol. The minimum absolute atomic E-state index is 0.128. The molecule has 0 aromatic heterocycles. The topological polar surface area (TPSA) is 47.3 Å². The summed E-state index contributed by atoms with van der Waals surface area (Å²) in [6.07, 6.45) is 0.128. The highest BCUT2D eigenvalue weighted by molar-refractivity contribution is 4.75. The van der Waals surface area contributed by atoms with E-state index < -0.39 is 0 Å². The second kappa shape index (κ2) is 3.02. The SMILES string of the molecule is N[CH]C1CNCCO1. The molecule has 0 aliphatic carbocycles. The molecule has 1 heterocycles. The van der Waals surface area contributed by atoms with Crippen molar-refractivity contribution in [2.24, 2.45) is 5.73 Å². The molecule has 0 aromatic carbocycles. The van der Waals surface area contributed by atoms with E-state index in [4.69, 9.17) is 10.5 Å². The highest BCUT2D eigenvalue weighted by atomic mass is 16.5. The molecule has 1 aliphatic rings. The predicted molar refractivity (Wildman–Crippen MR) is 31.1 cm³/mol. The van der Waals surface area contributed by atoms with Crippen LogP contribution >= 0.6 is 0 Å². The van der Waals surface area contributed by atoms with Crippen molar-refractivity contribution in [3.05, 3.63) is 6.54 Å². The fraction of sp³-hybridized carbons (Fsp3) is 0.800. The predicted octanol–water partition coefficient (Wildman–Crippen LogP) is -0.905. The molecule has 3 heteroatoms. The molecular weight excluding hydrogens is 104 g/mol. The quantitative estimate of drug-likeness (QED) is 0.465. The zero-order chi connectivity index (χ0) is 5.82. The molecule has 0 bridgehead atoms. The number of nitrogens with two attached hydrogens (primary N) is 1. The van der Waals surface area contributed by atoms with Crippen LogP contribution in [-0.2, 0) is 4.74 Å². The Balaban J connectivity index is 2.13. The number of hydrogen-bond donors (Lipinski definition) is 2. The highest BCUT2D eigenvalue weighted by Gasteiger charge is 2.09. The van der Waals surface area contributed by atoms with Gasteiger partial charge in [0.1, 0.15) is 0 Å². The molecule has 0 saturated carbocycles. The standard InChI is InChI=1S/C5H11N2O/c6-3-5-4-7-1-2-8-5/h3,5,7H,1-2,4,6H2. The van der Waals surface area contributed by atoms with Crippen molar-refractivity contribution in [1.82, 2.24) is 5.32 Å². The third-order valence-corrected chi connectivity index (χ3v) is 1.17. The fourth-order valence-corrected chi connectivity index (χ4v) is 0.709. The van der Waals surface area contributed by atoms with Gasteiger partial charge in [-0.05, 0) is 0 Å². The van der Waals surface area contributed by atoms with E-state index in [-0.39, 0.29) is 6.10 Å². The van der Waals surface area contributed by atoms with Crippen molar-refractivity contribution < 1.29 is 4.74 Å². The van der Waals surface area contributed by atoms with E-state index in [1.807, 2.05) is 0 Å². The molecule has 1 radical (unpaired) electrons. The molecule has 1 fully saturated rings. The first-order valence-electron chi connectivity index (χ1n) is 2.81. The molecule has 8 heavy (non-hydrogen) atoms. The Labute approximate surface area is 49.2 Å². The normalized spacial score (nSPS) is 30.4. The van der Waals surface area contributed by atoms with Crippen LogP contribution in [0.4, 0.5) is 0 Å². The van der Waals surface area contributed by atoms with Gasteiger partial charge in [0, 0.05) is 19.6 Å². The van der Waals surface area contributed by atoms with Crippen molar-refractivity contribution in [3.63, 3.8) is 0 Å². The lowest BCUT2D eigenvalue weighted by Gasteiger charge is -2.21. The zero-order valence-corrected chi connectivity index (χ0v) is 4.76. The van der Waals surface area contributed by atoms with Gasteiger partial charge in [0.15, 0.2) is 0 Å². The number of hydrogen-bond acceptors (Lipinski definition) is 3. The first-order valence-corrected chi connectivity index (χ1v) is 2.81. The van der Waals surface area contributed by atoms with Crippen LogP contribution in [0.2, 0.25) is 0 Å². The smallest absolute Gasteiger partial charge is 0.0866 e. The highest BCUT2D eigenvalue weighted by Crippen LogP contribution is 1.94. The summed E-state index contributed by atoms with van der Waals surface area (Å²) < 4.78 is 5.18. The van der Waals surface area contributed by atoms with Crippen LogP contribution in [0.3, 0.4) is 0 Å². The third-order valence-electron chi connectivity index (χ3n) is 1.17. The van der Waals surface area contributed by atoms with Crippen molar-refractivity contribution in [2.45, 2.75) is 6.10 Å². The zero-order valence-electron chi connectivity index (χ0n) is 4.76. The molecule has 47 valence electrons. The van der Waals surface area contributed by atoms with Crippen molar-refractivity contribution >= 4 is 0 Å². The second-order valence-corrected chi connectivity index (χ2v) is 1.81. The van der Waals surface area contributed by atoms with Crippen LogP contribution in [0.1, 0.15) is 0 Å². The first kappa shape index (κ1) is 6.01. The van der Waals surface area contributed by atoms with Gasteiger partial charge in [-0.1, -0.05) is 0 Å². The third kappa shape index (κ3) is 1.43. The number of nitrogens with one attached hydrogen (secondary N) is 1. The van der Waals surface area contributed by atoms with Gasteiger partial charge in [-0.15, -0.1) is 0 Å². The van der Waals surface area contributed by atoms with Crippen LogP contribution in [0.5, 0.6) is 0 Å². The fourth-order valence-electron chi connectivity index (χ4n) is 0.709. The number of rotatable bonds is 1. The molecule has 0 aromatic rings. The molecule has 0 spiro atoms. The van der Waals surface area contributed by atoms with Gasteiger partial charge < -0.3 is 15.8 Å². The maximum Gasteiger partial charge on any atom is 0.0866 e.